The highest BCUT2D eigenvalue weighted by Crippen LogP contribution is 2.53. The van der Waals surface area contributed by atoms with Gasteiger partial charge in [0.1, 0.15) is 11.4 Å². The SMILES string of the molecule is COC(=O)[C@]1(C)Nc2c(O[Si](C)(C)C(C)(C)C)cc3c(c2C1=O)[C@H](CBr)CN3C(=O)c1cc2cc(OC)c(OC)c(OC)c2[nH]1. The summed E-state index contributed by atoms with van der Waals surface area (Å²) in [5.41, 5.74) is 1.29. The van der Waals surface area contributed by atoms with Crippen LogP contribution in [0.1, 0.15) is 60.0 Å². The molecular formula is C32H40BrN3O8Si. The van der Waals surface area contributed by atoms with E-state index in [4.69, 9.17) is 23.4 Å². The van der Waals surface area contributed by atoms with Crippen molar-refractivity contribution < 1.29 is 37.8 Å². The second-order valence-electron chi connectivity index (χ2n) is 13.1. The molecule has 13 heteroatoms. The van der Waals surface area contributed by atoms with Crippen LogP contribution in [0.15, 0.2) is 18.2 Å². The van der Waals surface area contributed by atoms with Gasteiger partial charge in [0.2, 0.25) is 11.5 Å². The molecule has 3 aromatic rings. The molecule has 2 aliphatic rings. The van der Waals surface area contributed by atoms with E-state index in [2.05, 4.69) is 60.1 Å². The Kier molecular flexibility index (Phi) is 8.18. The zero-order valence-electron chi connectivity index (χ0n) is 27.3. The molecule has 5 rings (SSSR count). The predicted molar refractivity (Wildman–Crippen MR) is 179 cm³/mol. The number of ketones is 1. The van der Waals surface area contributed by atoms with Gasteiger partial charge < -0.3 is 38.6 Å². The molecule has 0 saturated heterocycles. The first kappa shape index (κ1) is 32.7. The number of carbonyl (C=O) groups excluding carboxylic acids is 3. The maximum absolute atomic E-state index is 14.3. The number of aromatic nitrogens is 1. The van der Waals surface area contributed by atoms with Crippen LogP contribution in [0.3, 0.4) is 0 Å². The minimum absolute atomic E-state index is 0.160. The summed E-state index contributed by atoms with van der Waals surface area (Å²) in [6.07, 6.45) is 0. The van der Waals surface area contributed by atoms with Crippen LogP contribution < -0.4 is 28.9 Å². The molecule has 0 spiro atoms. The third-order valence-corrected chi connectivity index (χ3v) is 14.4. The summed E-state index contributed by atoms with van der Waals surface area (Å²) in [4.78, 5) is 46.3. The summed E-state index contributed by atoms with van der Waals surface area (Å²) in [6, 6.07) is 5.34. The van der Waals surface area contributed by atoms with Gasteiger partial charge in [-0.25, -0.2) is 4.79 Å². The van der Waals surface area contributed by atoms with Gasteiger partial charge in [-0.2, -0.15) is 0 Å². The number of esters is 1. The van der Waals surface area contributed by atoms with Crippen LogP contribution in [0.4, 0.5) is 11.4 Å². The van der Waals surface area contributed by atoms with E-state index in [1.165, 1.54) is 35.4 Å². The molecule has 11 nitrogen and oxygen atoms in total. The van der Waals surface area contributed by atoms with E-state index in [-0.39, 0.29) is 16.9 Å². The molecule has 2 aromatic carbocycles. The van der Waals surface area contributed by atoms with Gasteiger partial charge in [-0.15, -0.1) is 0 Å². The smallest absolute Gasteiger partial charge is 0.339 e. The molecule has 1 amide bonds. The largest absolute Gasteiger partial charge is 0.542 e. The number of anilines is 2. The van der Waals surface area contributed by atoms with Crippen molar-refractivity contribution in [2.75, 3.05) is 50.5 Å². The highest BCUT2D eigenvalue weighted by molar-refractivity contribution is 9.09. The Balaban J connectivity index is 1.70. The molecule has 0 saturated carbocycles. The standard InChI is InChI=1S/C32H40BrN3O8Si/c1-31(2,3)45(9,10)44-20-13-19-22(23-25(20)35-32(4,28(23)37)30(39)43-8)17(14-33)15-36(19)29(38)18-11-16-12-21(40-5)26(41-6)27(42-7)24(16)34-18/h11-13,17,34-35H,14-15H2,1-10H3/t17-,32-/m1/s1. The topological polar surface area (TPSA) is 128 Å². The number of alkyl halides is 1. The number of methoxy groups -OCH3 is 4. The van der Waals surface area contributed by atoms with Crippen molar-refractivity contribution in [3.63, 3.8) is 0 Å². The third-order valence-electron chi connectivity index (χ3n) is 9.31. The Morgan fingerprint density at radius 3 is 2.27 bits per heavy atom. The fourth-order valence-electron chi connectivity index (χ4n) is 5.80. The number of benzene rings is 2. The van der Waals surface area contributed by atoms with Crippen LogP contribution in [-0.2, 0) is 9.53 Å². The Labute approximate surface area is 272 Å². The maximum atomic E-state index is 14.3. The summed E-state index contributed by atoms with van der Waals surface area (Å²) >= 11 is 3.61. The molecule has 1 aromatic heterocycles. The number of aromatic amines is 1. The number of Topliss-reactive ketones (excluding diaryl/α,β-unsaturated/α-hetero) is 1. The monoisotopic (exact) mass is 701 g/mol. The van der Waals surface area contributed by atoms with Crippen LogP contribution in [0, 0.1) is 0 Å². The molecule has 0 aliphatic carbocycles. The predicted octanol–water partition coefficient (Wildman–Crippen LogP) is 6.26. The second kappa shape index (κ2) is 11.3. The van der Waals surface area contributed by atoms with Gasteiger partial charge in [-0.3, -0.25) is 9.59 Å². The van der Waals surface area contributed by atoms with E-state index >= 15 is 0 Å². The summed E-state index contributed by atoms with van der Waals surface area (Å²) in [7, 11) is 3.39. The third kappa shape index (κ3) is 4.94. The Morgan fingerprint density at radius 2 is 1.71 bits per heavy atom. The molecule has 0 radical (unpaired) electrons. The number of ether oxygens (including phenoxy) is 4. The molecule has 0 bridgehead atoms. The minimum Gasteiger partial charge on any atom is -0.542 e. The molecule has 0 fully saturated rings. The number of carbonyl (C=O) groups is 3. The number of hydrogen-bond donors (Lipinski definition) is 2. The number of H-pyrrole nitrogens is 1. The van der Waals surface area contributed by atoms with E-state index in [0.29, 0.717) is 74.0 Å². The van der Waals surface area contributed by atoms with Crippen molar-refractivity contribution in [3.8, 4) is 23.0 Å². The molecule has 45 heavy (non-hydrogen) atoms. The van der Waals surface area contributed by atoms with Crippen LogP contribution in [-0.4, -0.2) is 76.8 Å². The number of amides is 1. The molecule has 2 aliphatic heterocycles. The lowest BCUT2D eigenvalue weighted by Crippen LogP contribution is -2.47. The van der Waals surface area contributed by atoms with Crippen LogP contribution in [0.25, 0.3) is 10.9 Å². The summed E-state index contributed by atoms with van der Waals surface area (Å²) in [5.74, 6) is 0.0544. The quantitative estimate of drug-likeness (QED) is 0.121. The molecule has 2 atom stereocenters. The van der Waals surface area contributed by atoms with E-state index in [1.54, 1.807) is 17.0 Å². The lowest BCUT2D eigenvalue weighted by molar-refractivity contribution is -0.143. The first-order valence-electron chi connectivity index (χ1n) is 14.6. The highest BCUT2D eigenvalue weighted by atomic mass is 79.9. The first-order valence-corrected chi connectivity index (χ1v) is 18.6. The van der Waals surface area contributed by atoms with Gasteiger partial charge in [0.15, 0.2) is 17.0 Å². The number of halogens is 1. The molecule has 0 unspecified atom stereocenters. The second-order valence-corrected chi connectivity index (χ2v) is 18.4. The Hall–Kier alpha value is -3.71. The summed E-state index contributed by atoms with van der Waals surface area (Å²) < 4.78 is 28.5. The molecular weight excluding hydrogens is 662 g/mol. The Morgan fingerprint density at radius 1 is 1.04 bits per heavy atom. The minimum atomic E-state index is -2.44. The number of hydrogen-bond acceptors (Lipinski definition) is 9. The van der Waals surface area contributed by atoms with Gasteiger partial charge in [-0.1, -0.05) is 36.7 Å². The zero-order valence-corrected chi connectivity index (χ0v) is 29.9. The van der Waals surface area contributed by atoms with Gasteiger partial charge in [-0.05, 0) is 42.8 Å². The number of nitrogens with one attached hydrogen (secondary N) is 2. The van der Waals surface area contributed by atoms with E-state index < -0.39 is 25.6 Å². The van der Waals surface area contributed by atoms with Crippen LogP contribution in [0.2, 0.25) is 18.1 Å². The fraction of sp³-hybridized carbons (Fsp3) is 0.469. The summed E-state index contributed by atoms with van der Waals surface area (Å²) in [5, 5.41) is 4.19. The van der Waals surface area contributed by atoms with E-state index in [1.807, 2.05) is 6.07 Å². The van der Waals surface area contributed by atoms with Crippen LogP contribution in [0.5, 0.6) is 23.0 Å². The normalized spacial score (nSPS) is 19.2. The van der Waals surface area contributed by atoms with Gasteiger partial charge in [0.05, 0.1) is 50.9 Å². The highest BCUT2D eigenvalue weighted by Gasteiger charge is 2.54. The van der Waals surface area contributed by atoms with Gasteiger partial charge in [0, 0.05) is 29.2 Å². The average Bonchev–Trinajstić information content (AvgIpc) is 3.66. The van der Waals surface area contributed by atoms with Crippen molar-refractivity contribution in [1.29, 1.82) is 0 Å². The maximum Gasteiger partial charge on any atom is 0.339 e. The van der Waals surface area contributed by atoms with E-state index in [0.717, 1.165) is 0 Å². The van der Waals surface area contributed by atoms with Crippen molar-refractivity contribution in [1.82, 2.24) is 4.98 Å². The lowest BCUT2D eigenvalue weighted by Gasteiger charge is -2.37. The van der Waals surface area contributed by atoms with Crippen molar-refractivity contribution in [2.45, 2.75) is 57.3 Å². The van der Waals surface area contributed by atoms with Crippen molar-refractivity contribution >= 4 is 64.2 Å². The summed E-state index contributed by atoms with van der Waals surface area (Å²) in [6.45, 7) is 12.4. The molecule has 3 heterocycles. The number of rotatable bonds is 8. The fourth-order valence-corrected chi connectivity index (χ4v) is 7.35. The first-order chi connectivity index (χ1) is 21.1. The molecule has 2 N–H and O–H groups in total. The van der Waals surface area contributed by atoms with Crippen molar-refractivity contribution in [3.05, 3.63) is 35.0 Å². The van der Waals surface area contributed by atoms with Gasteiger partial charge in [0.25, 0.3) is 14.2 Å². The number of fused-ring (bicyclic) bond motifs is 4. The number of nitrogens with zero attached hydrogens (tertiary/aromatic N) is 1. The lowest BCUT2D eigenvalue weighted by atomic mass is 9.89. The molecule has 242 valence electrons. The van der Waals surface area contributed by atoms with E-state index in [9.17, 15) is 14.4 Å². The van der Waals surface area contributed by atoms with Gasteiger partial charge >= 0.3 is 5.97 Å². The van der Waals surface area contributed by atoms with Crippen molar-refractivity contribution in [2.24, 2.45) is 0 Å². The van der Waals surface area contributed by atoms with Crippen LogP contribution >= 0.6 is 15.9 Å². The zero-order chi connectivity index (χ0) is 33.2. The average molecular weight is 703 g/mol. The Bertz CT molecular complexity index is 1730.